The monoisotopic (exact) mass is 291 g/mol. The molecule has 1 heterocycles. The minimum absolute atomic E-state index is 0.0344. The van der Waals surface area contributed by atoms with E-state index in [-0.39, 0.29) is 18.6 Å². The van der Waals surface area contributed by atoms with Crippen LogP contribution < -0.4 is 0 Å². The van der Waals surface area contributed by atoms with Crippen LogP contribution in [0.5, 0.6) is 0 Å². The first kappa shape index (κ1) is 16.0. The number of aliphatic hydroxyl groups excluding tert-OH is 1. The van der Waals surface area contributed by atoms with Crippen molar-refractivity contribution in [3.63, 3.8) is 0 Å². The summed E-state index contributed by atoms with van der Waals surface area (Å²) in [6, 6.07) is 8.29. The SMILES string of the molecule is CC(C)c1ccc(CC(=O)N2CCC(OCCO)C2)cc1. The molecule has 0 radical (unpaired) electrons. The Morgan fingerprint density at radius 3 is 2.71 bits per heavy atom. The fourth-order valence-corrected chi connectivity index (χ4v) is 2.62. The lowest BCUT2D eigenvalue weighted by Gasteiger charge is -2.17. The number of rotatable bonds is 6. The van der Waals surface area contributed by atoms with Crippen molar-refractivity contribution in [2.24, 2.45) is 0 Å². The van der Waals surface area contributed by atoms with Gasteiger partial charge in [-0.05, 0) is 23.5 Å². The van der Waals surface area contributed by atoms with Gasteiger partial charge in [0.2, 0.25) is 5.91 Å². The average Bonchev–Trinajstić information content (AvgIpc) is 2.94. The van der Waals surface area contributed by atoms with Crippen LogP contribution in [0.4, 0.5) is 0 Å². The minimum atomic E-state index is 0.0344. The molecule has 1 fully saturated rings. The van der Waals surface area contributed by atoms with E-state index in [9.17, 15) is 4.79 Å². The fraction of sp³-hybridized carbons (Fsp3) is 0.588. The molecule has 116 valence electrons. The van der Waals surface area contributed by atoms with Crippen molar-refractivity contribution >= 4 is 5.91 Å². The van der Waals surface area contributed by atoms with Crippen LogP contribution >= 0.6 is 0 Å². The maximum Gasteiger partial charge on any atom is 0.227 e. The fourth-order valence-electron chi connectivity index (χ4n) is 2.62. The first-order valence-electron chi connectivity index (χ1n) is 7.69. The lowest BCUT2D eigenvalue weighted by molar-refractivity contribution is -0.130. The van der Waals surface area contributed by atoms with Crippen LogP contribution in [0, 0.1) is 0 Å². The molecule has 1 aliphatic heterocycles. The lowest BCUT2D eigenvalue weighted by atomic mass is 10.0. The maximum absolute atomic E-state index is 12.3. The van der Waals surface area contributed by atoms with Gasteiger partial charge in [-0.3, -0.25) is 4.79 Å². The van der Waals surface area contributed by atoms with Crippen molar-refractivity contribution in [3.05, 3.63) is 35.4 Å². The Hall–Kier alpha value is -1.39. The smallest absolute Gasteiger partial charge is 0.227 e. The summed E-state index contributed by atoms with van der Waals surface area (Å²) in [7, 11) is 0. The number of hydrogen-bond donors (Lipinski definition) is 1. The zero-order chi connectivity index (χ0) is 15.2. The third-order valence-corrected chi connectivity index (χ3v) is 3.94. The third kappa shape index (κ3) is 4.55. The van der Waals surface area contributed by atoms with Gasteiger partial charge in [0.15, 0.2) is 0 Å². The van der Waals surface area contributed by atoms with Crippen molar-refractivity contribution in [1.29, 1.82) is 0 Å². The van der Waals surface area contributed by atoms with E-state index in [0.29, 0.717) is 25.5 Å². The van der Waals surface area contributed by atoms with Crippen LogP contribution in [0.3, 0.4) is 0 Å². The van der Waals surface area contributed by atoms with Gasteiger partial charge in [0.1, 0.15) is 0 Å². The Kier molecular flexibility index (Phi) is 5.76. The molecule has 0 spiro atoms. The number of carbonyl (C=O) groups excluding carboxylic acids is 1. The second kappa shape index (κ2) is 7.57. The molecule has 1 aliphatic rings. The second-order valence-electron chi connectivity index (χ2n) is 5.92. The molecule has 0 saturated carbocycles. The zero-order valence-electron chi connectivity index (χ0n) is 12.9. The molecule has 1 unspecified atom stereocenters. The summed E-state index contributed by atoms with van der Waals surface area (Å²) >= 11 is 0. The first-order valence-corrected chi connectivity index (χ1v) is 7.69. The molecule has 1 aromatic carbocycles. The van der Waals surface area contributed by atoms with Gasteiger partial charge in [-0.1, -0.05) is 38.1 Å². The summed E-state index contributed by atoms with van der Waals surface area (Å²) in [6.07, 6.45) is 1.38. The predicted octanol–water partition coefficient (Wildman–Crippen LogP) is 1.96. The standard InChI is InChI=1S/C17H25NO3/c1-13(2)15-5-3-14(4-6-15)11-17(20)18-8-7-16(12-18)21-10-9-19/h3-6,13,16,19H,7-12H2,1-2H3. The number of carbonyl (C=O) groups is 1. The molecule has 1 atom stereocenters. The Bertz CT molecular complexity index is 456. The van der Waals surface area contributed by atoms with Gasteiger partial charge in [-0.25, -0.2) is 0 Å². The van der Waals surface area contributed by atoms with Gasteiger partial charge in [0, 0.05) is 13.1 Å². The highest BCUT2D eigenvalue weighted by Crippen LogP contribution is 2.17. The second-order valence-corrected chi connectivity index (χ2v) is 5.92. The highest BCUT2D eigenvalue weighted by molar-refractivity contribution is 5.79. The maximum atomic E-state index is 12.3. The number of aliphatic hydroxyl groups is 1. The van der Waals surface area contributed by atoms with Crippen LogP contribution in [0.25, 0.3) is 0 Å². The summed E-state index contributed by atoms with van der Waals surface area (Å²) < 4.78 is 5.48. The molecular formula is C17H25NO3. The molecule has 0 bridgehead atoms. The van der Waals surface area contributed by atoms with Crippen LogP contribution in [-0.2, 0) is 16.0 Å². The minimum Gasteiger partial charge on any atom is -0.394 e. The predicted molar refractivity (Wildman–Crippen MR) is 82.3 cm³/mol. The molecule has 21 heavy (non-hydrogen) atoms. The van der Waals surface area contributed by atoms with E-state index in [1.165, 1.54) is 5.56 Å². The van der Waals surface area contributed by atoms with Crippen molar-refractivity contribution < 1.29 is 14.6 Å². The number of likely N-dealkylation sites (tertiary alicyclic amines) is 1. The Balaban J connectivity index is 1.84. The summed E-state index contributed by atoms with van der Waals surface area (Å²) in [5, 5.41) is 8.75. The normalized spacial score (nSPS) is 18.5. The Morgan fingerprint density at radius 2 is 2.10 bits per heavy atom. The number of hydrogen-bond acceptors (Lipinski definition) is 3. The highest BCUT2D eigenvalue weighted by Gasteiger charge is 2.26. The van der Waals surface area contributed by atoms with E-state index in [4.69, 9.17) is 9.84 Å². The van der Waals surface area contributed by atoms with E-state index >= 15 is 0 Å². The van der Waals surface area contributed by atoms with Gasteiger partial charge < -0.3 is 14.7 Å². The van der Waals surface area contributed by atoms with Gasteiger partial charge in [-0.15, -0.1) is 0 Å². The van der Waals surface area contributed by atoms with Crippen molar-refractivity contribution in [3.8, 4) is 0 Å². The lowest BCUT2D eigenvalue weighted by Crippen LogP contribution is -2.31. The molecule has 2 rings (SSSR count). The van der Waals surface area contributed by atoms with Gasteiger partial charge in [0.05, 0.1) is 25.7 Å². The van der Waals surface area contributed by atoms with E-state index < -0.39 is 0 Å². The third-order valence-electron chi connectivity index (χ3n) is 3.94. The topological polar surface area (TPSA) is 49.8 Å². The van der Waals surface area contributed by atoms with Crippen molar-refractivity contribution in [2.45, 2.75) is 38.7 Å². The molecule has 1 saturated heterocycles. The molecule has 1 amide bonds. The summed E-state index contributed by atoms with van der Waals surface area (Å²) in [5.74, 6) is 0.667. The molecular weight excluding hydrogens is 266 g/mol. The summed E-state index contributed by atoms with van der Waals surface area (Å²) in [4.78, 5) is 14.1. The van der Waals surface area contributed by atoms with Crippen LogP contribution in [-0.4, -0.2) is 48.3 Å². The van der Waals surface area contributed by atoms with Crippen LogP contribution in [0.15, 0.2) is 24.3 Å². The van der Waals surface area contributed by atoms with Crippen LogP contribution in [0.1, 0.15) is 37.3 Å². The van der Waals surface area contributed by atoms with E-state index in [1.807, 2.05) is 17.0 Å². The highest BCUT2D eigenvalue weighted by atomic mass is 16.5. The van der Waals surface area contributed by atoms with E-state index in [0.717, 1.165) is 18.5 Å². The zero-order valence-corrected chi connectivity index (χ0v) is 12.9. The van der Waals surface area contributed by atoms with Crippen molar-refractivity contribution in [1.82, 2.24) is 4.90 Å². The van der Waals surface area contributed by atoms with Crippen molar-refractivity contribution in [2.75, 3.05) is 26.3 Å². The summed E-state index contributed by atoms with van der Waals surface area (Å²) in [5.41, 5.74) is 2.36. The van der Waals surface area contributed by atoms with E-state index in [1.54, 1.807) is 0 Å². The summed E-state index contributed by atoms with van der Waals surface area (Å²) in [6.45, 7) is 6.10. The Labute approximate surface area is 126 Å². The molecule has 0 aromatic heterocycles. The number of amides is 1. The van der Waals surface area contributed by atoms with Crippen LogP contribution in [0.2, 0.25) is 0 Å². The first-order chi connectivity index (χ1) is 10.1. The molecule has 4 nitrogen and oxygen atoms in total. The quantitative estimate of drug-likeness (QED) is 0.871. The van der Waals surface area contributed by atoms with E-state index in [2.05, 4.69) is 26.0 Å². The van der Waals surface area contributed by atoms with Gasteiger partial charge in [-0.2, -0.15) is 0 Å². The largest absolute Gasteiger partial charge is 0.394 e. The molecule has 4 heteroatoms. The number of nitrogens with zero attached hydrogens (tertiary/aromatic N) is 1. The van der Waals surface area contributed by atoms with Gasteiger partial charge in [0.25, 0.3) is 0 Å². The van der Waals surface area contributed by atoms with Gasteiger partial charge >= 0.3 is 0 Å². The molecule has 1 N–H and O–H groups in total. The molecule has 1 aromatic rings. The number of benzene rings is 1. The Morgan fingerprint density at radius 1 is 1.38 bits per heavy atom. The number of ether oxygens (including phenoxy) is 1. The average molecular weight is 291 g/mol. The molecule has 0 aliphatic carbocycles.